The maximum Gasteiger partial charge on any atom is 0.226 e. The summed E-state index contributed by atoms with van der Waals surface area (Å²) in [6, 6.07) is 15.4. The number of hydrogen-bond donors (Lipinski definition) is 4. The minimum absolute atomic E-state index is 0.194. The van der Waals surface area contributed by atoms with Gasteiger partial charge in [0, 0.05) is 17.2 Å². The first-order valence-corrected chi connectivity index (χ1v) is 10.2. The molecule has 0 amide bonds. The first-order valence-electron chi connectivity index (χ1n) is 9.21. The van der Waals surface area contributed by atoms with E-state index in [0.717, 1.165) is 11.8 Å². The number of rotatable bonds is 7. The average molecular weight is 438 g/mol. The van der Waals surface area contributed by atoms with Crippen LogP contribution < -0.4 is 10.9 Å². The van der Waals surface area contributed by atoms with Gasteiger partial charge >= 0.3 is 0 Å². The van der Waals surface area contributed by atoms with Gasteiger partial charge in [-0.15, -0.1) is 10.2 Å². The Hall–Kier alpha value is -3.92. The third kappa shape index (κ3) is 4.48. The minimum atomic E-state index is -0.522. The van der Waals surface area contributed by atoms with Crippen LogP contribution in [0.15, 0.2) is 75.2 Å². The molecular weight excluding hydrogens is 420 g/mol. The van der Waals surface area contributed by atoms with Crippen molar-refractivity contribution in [2.75, 3.05) is 5.43 Å². The van der Waals surface area contributed by atoms with E-state index in [4.69, 9.17) is 4.42 Å². The number of phenolic OH excluding ortho intramolecular Hbond substituents is 2. The van der Waals surface area contributed by atoms with Crippen molar-refractivity contribution in [2.24, 2.45) is 0 Å². The molecule has 4 N–H and O–H groups in total. The van der Waals surface area contributed by atoms with Gasteiger partial charge in [0.2, 0.25) is 10.6 Å². The number of nitrogens with zero attached hydrogens (tertiary/aromatic N) is 3. The number of aromatic hydroxyl groups is 3. The van der Waals surface area contributed by atoms with E-state index >= 15 is 0 Å². The molecule has 0 spiro atoms. The van der Waals surface area contributed by atoms with Crippen molar-refractivity contribution in [1.82, 2.24) is 14.9 Å². The zero-order valence-corrected chi connectivity index (χ0v) is 16.9. The van der Waals surface area contributed by atoms with Gasteiger partial charge in [0.15, 0.2) is 23.1 Å². The number of thioether (sulfide) groups is 1. The predicted octanol–water partition coefficient (Wildman–Crippen LogP) is 3.05. The Morgan fingerprint density at radius 1 is 1.00 bits per heavy atom. The van der Waals surface area contributed by atoms with E-state index in [2.05, 4.69) is 15.6 Å². The van der Waals surface area contributed by atoms with Crippen molar-refractivity contribution >= 4 is 11.8 Å². The molecular formula is C21H18N4O5S. The average Bonchev–Trinajstić information content (AvgIpc) is 3.19. The highest BCUT2D eigenvalue weighted by molar-refractivity contribution is 7.98. The Kier molecular flexibility index (Phi) is 5.80. The maximum atomic E-state index is 11.6. The first kappa shape index (κ1) is 20.4. The molecule has 0 fully saturated rings. The van der Waals surface area contributed by atoms with Gasteiger partial charge in [0.25, 0.3) is 0 Å². The molecule has 4 rings (SSSR count). The van der Waals surface area contributed by atoms with Gasteiger partial charge in [0.1, 0.15) is 12.0 Å². The third-order valence-corrected chi connectivity index (χ3v) is 5.35. The fourth-order valence-corrected chi connectivity index (χ4v) is 3.62. The lowest BCUT2D eigenvalue weighted by Crippen LogP contribution is -2.17. The maximum absolute atomic E-state index is 11.6. The van der Waals surface area contributed by atoms with Crippen LogP contribution in [0.25, 0.3) is 11.4 Å². The van der Waals surface area contributed by atoms with Gasteiger partial charge in [-0.1, -0.05) is 54.2 Å². The normalized spacial score (nSPS) is 10.8. The second-order valence-electron chi connectivity index (χ2n) is 6.51. The van der Waals surface area contributed by atoms with E-state index in [0.29, 0.717) is 22.3 Å². The number of benzene rings is 2. The van der Waals surface area contributed by atoms with E-state index in [9.17, 15) is 20.1 Å². The lowest BCUT2D eigenvalue weighted by molar-refractivity contribution is 0.399. The fourth-order valence-electron chi connectivity index (χ4n) is 2.82. The predicted molar refractivity (Wildman–Crippen MR) is 114 cm³/mol. The number of hydrogen-bond acceptors (Lipinski definition) is 9. The Labute approximate surface area is 180 Å². The molecule has 31 heavy (non-hydrogen) atoms. The number of para-hydroxylation sites is 1. The van der Waals surface area contributed by atoms with Crippen LogP contribution in [0.5, 0.6) is 17.2 Å². The van der Waals surface area contributed by atoms with Crippen LogP contribution >= 0.6 is 11.8 Å². The first-order chi connectivity index (χ1) is 15.0. The van der Waals surface area contributed by atoms with E-state index < -0.39 is 11.2 Å². The molecule has 158 valence electrons. The Morgan fingerprint density at radius 3 is 2.58 bits per heavy atom. The van der Waals surface area contributed by atoms with E-state index in [-0.39, 0.29) is 23.8 Å². The van der Waals surface area contributed by atoms with Gasteiger partial charge in [-0.25, -0.2) is 4.68 Å². The lowest BCUT2D eigenvalue weighted by Gasteiger charge is -2.14. The Morgan fingerprint density at radius 2 is 1.81 bits per heavy atom. The largest absolute Gasteiger partial charge is 0.504 e. The van der Waals surface area contributed by atoms with Crippen LogP contribution in [0.2, 0.25) is 0 Å². The highest BCUT2D eigenvalue weighted by atomic mass is 32.2. The standard InChI is InChI=1S/C21H18N4O5S/c26-16-8-4-7-14(19(16)29)10-22-25-20(13-5-2-1-3-6-13)23-24-21(25)31-12-15-9-17(27)18(28)11-30-15/h1-9,11,22,26,28-29H,10,12H2. The molecule has 2 aromatic carbocycles. The molecule has 4 aromatic rings. The summed E-state index contributed by atoms with van der Waals surface area (Å²) in [6.45, 7) is 0.194. The van der Waals surface area contributed by atoms with Crippen LogP contribution in [0.3, 0.4) is 0 Å². The molecule has 0 saturated carbocycles. The van der Waals surface area contributed by atoms with Gasteiger partial charge < -0.3 is 25.2 Å². The minimum Gasteiger partial charge on any atom is -0.504 e. The van der Waals surface area contributed by atoms with E-state index in [1.807, 2.05) is 30.3 Å². The topological polar surface area (TPSA) is 134 Å². The molecule has 10 heteroatoms. The summed E-state index contributed by atoms with van der Waals surface area (Å²) < 4.78 is 6.91. The highest BCUT2D eigenvalue weighted by Crippen LogP contribution is 2.29. The summed E-state index contributed by atoms with van der Waals surface area (Å²) in [7, 11) is 0. The monoisotopic (exact) mass is 438 g/mol. The van der Waals surface area contributed by atoms with Gasteiger partial charge in [-0.05, 0) is 6.07 Å². The highest BCUT2D eigenvalue weighted by Gasteiger charge is 2.16. The second kappa shape index (κ2) is 8.84. The zero-order chi connectivity index (χ0) is 21.8. The van der Waals surface area contributed by atoms with Gasteiger partial charge in [-0.3, -0.25) is 4.79 Å². The molecule has 2 heterocycles. The Balaban J connectivity index is 1.61. The summed E-state index contributed by atoms with van der Waals surface area (Å²) in [4.78, 5) is 11.6. The van der Waals surface area contributed by atoms with Crippen LogP contribution in [0, 0.1) is 0 Å². The van der Waals surface area contributed by atoms with Crippen molar-refractivity contribution in [1.29, 1.82) is 0 Å². The SMILES string of the molecule is O=c1cc(CSc2nnc(-c3ccccc3)n2NCc2cccc(O)c2O)occ1O. The summed E-state index contributed by atoms with van der Waals surface area (Å²) in [5, 5.41) is 38.1. The number of aromatic nitrogens is 3. The van der Waals surface area contributed by atoms with Crippen molar-refractivity contribution in [3.8, 4) is 28.6 Å². The molecule has 0 aliphatic rings. The molecule has 9 nitrogen and oxygen atoms in total. The van der Waals surface area contributed by atoms with E-state index in [1.54, 1.807) is 16.8 Å². The summed E-state index contributed by atoms with van der Waals surface area (Å²) in [6.07, 6.45) is 1.00. The smallest absolute Gasteiger partial charge is 0.226 e. The molecule has 0 unspecified atom stereocenters. The molecule has 2 aromatic heterocycles. The molecule has 0 bridgehead atoms. The van der Waals surface area contributed by atoms with E-state index in [1.165, 1.54) is 23.9 Å². The van der Waals surface area contributed by atoms with Gasteiger partial charge in [0.05, 0.1) is 12.3 Å². The van der Waals surface area contributed by atoms with Crippen LogP contribution in [-0.4, -0.2) is 30.2 Å². The van der Waals surface area contributed by atoms with Crippen LogP contribution in [0.1, 0.15) is 11.3 Å². The number of nitrogens with one attached hydrogen (secondary N) is 1. The molecule has 0 atom stereocenters. The summed E-state index contributed by atoms with van der Waals surface area (Å²) in [5.41, 5.74) is 3.96. The lowest BCUT2D eigenvalue weighted by atomic mass is 10.2. The van der Waals surface area contributed by atoms with Crippen molar-refractivity contribution in [3.05, 3.63) is 82.4 Å². The van der Waals surface area contributed by atoms with Gasteiger partial charge in [-0.2, -0.15) is 0 Å². The quantitative estimate of drug-likeness (QED) is 0.254. The molecule has 0 aliphatic heterocycles. The Bertz CT molecular complexity index is 1260. The summed E-state index contributed by atoms with van der Waals surface area (Å²) >= 11 is 1.27. The summed E-state index contributed by atoms with van der Waals surface area (Å²) in [5.74, 6) is 0.342. The second-order valence-corrected chi connectivity index (χ2v) is 7.45. The molecule has 0 saturated heterocycles. The van der Waals surface area contributed by atoms with Crippen molar-refractivity contribution < 1.29 is 19.7 Å². The van der Waals surface area contributed by atoms with Crippen molar-refractivity contribution in [2.45, 2.75) is 17.5 Å². The van der Waals surface area contributed by atoms with Crippen LogP contribution in [-0.2, 0) is 12.3 Å². The molecule has 0 aliphatic carbocycles. The van der Waals surface area contributed by atoms with Crippen molar-refractivity contribution in [3.63, 3.8) is 0 Å². The number of phenols is 2. The van der Waals surface area contributed by atoms with Crippen LogP contribution in [0.4, 0.5) is 0 Å². The fraction of sp³-hybridized carbons (Fsp3) is 0.0952. The zero-order valence-electron chi connectivity index (χ0n) is 16.1. The third-order valence-electron chi connectivity index (χ3n) is 4.40. The molecule has 0 radical (unpaired) electrons.